The topological polar surface area (TPSA) is 64.4 Å². The number of nitrogens with zero attached hydrogens (tertiary/aromatic N) is 1. The maximum absolute atomic E-state index is 11.0. The Morgan fingerprint density at radius 2 is 2.64 bits per heavy atom. The summed E-state index contributed by atoms with van der Waals surface area (Å²) in [6, 6.07) is 1.61. The van der Waals surface area contributed by atoms with Gasteiger partial charge in [0.25, 0.3) is 11.8 Å². The number of rotatable bonds is 5. The monoisotopic (exact) mass is 196 g/mol. The molecule has 5 heteroatoms. The molecule has 5 nitrogen and oxygen atoms in total. The van der Waals surface area contributed by atoms with E-state index in [1.807, 2.05) is 0 Å². The van der Waals surface area contributed by atoms with E-state index in [2.05, 4.69) is 17.1 Å². The lowest BCUT2D eigenvalue weighted by Crippen LogP contribution is -2.28. The van der Waals surface area contributed by atoms with Crippen LogP contribution in [0.1, 0.15) is 5.76 Å². The predicted molar refractivity (Wildman–Crippen MR) is 49.9 cm³/mol. The highest BCUT2D eigenvalue weighted by Gasteiger charge is 2.04. The molecular formula is C9H12N2O3. The van der Waals surface area contributed by atoms with Crippen molar-refractivity contribution in [1.82, 2.24) is 10.5 Å². The van der Waals surface area contributed by atoms with E-state index in [-0.39, 0.29) is 12.5 Å². The Morgan fingerprint density at radius 1 is 1.86 bits per heavy atom. The Labute approximate surface area is 81.7 Å². The van der Waals surface area contributed by atoms with Gasteiger partial charge in [-0.15, -0.1) is 6.58 Å². The van der Waals surface area contributed by atoms with Gasteiger partial charge in [0.2, 0.25) is 0 Å². The van der Waals surface area contributed by atoms with E-state index >= 15 is 0 Å². The van der Waals surface area contributed by atoms with Crippen LogP contribution in [0.3, 0.4) is 0 Å². The Balaban J connectivity index is 2.26. The van der Waals surface area contributed by atoms with Crippen molar-refractivity contribution in [2.75, 3.05) is 13.2 Å². The van der Waals surface area contributed by atoms with Gasteiger partial charge in [-0.25, -0.2) is 0 Å². The van der Waals surface area contributed by atoms with Gasteiger partial charge in [0, 0.05) is 12.6 Å². The molecule has 0 aliphatic rings. The van der Waals surface area contributed by atoms with Crippen molar-refractivity contribution >= 4 is 5.91 Å². The number of amides is 1. The van der Waals surface area contributed by atoms with Gasteiger partial charge in [0.05, 0.1) is 0 Å². The number of carbonyl (C=O) groups is 1. The first-order chi connectivity index (χ1) is 6.72. The third kappa shape index (κ3) is 3.30. The largest absolute Gasteiger partial charge is 0.465 e. The van der Waals surface area contributed by atoms with Crippen molar-refractivity contribution in [2.45, 2.75) is 6.92 Å². The van der Waals surface area contributed by atoms with E-state index in [4.69, 9.17) is 9.26 Å². The Bertz CT molecular complexity index is 320. The van der Waals surface area contributed by atoms with Crippen LogP contribution < -0.4 is 10.1 Å². The molecule has 0 spiro atoms. The normalized spacial score (nSPS) is 9.50. The van der Waals surface area contributed by atoms with Gasteiger partial charge >= 0.3 is 0 Å². The molecule has 0 radical (unpaired) electrons. The molecule has 0 atom stereocenters. The van der Waals surface area contributed by atoms with Crippen molar-refractivity contribution in [3.8, 4) is 5.88 Å². The molecule has 76 valence electrons. The molecule has 0 aromatic carbocycles. The van der Waals surface area contributed by atoms with Gasteiger partial charge < -0.3 is 14.6 Å². The fraction of sp³-hybridized carbons (Fsp3) is 0.333. The van der Waals surface area contributed by atoms with Gasteiger partial charge in [-0.05, 0) is 12.1 Å². The fourth-order valence-corrected chi connectivity index (χ4v) is 0.788. The molecular weight excluding hydrogens is 184 g/mol. The Morgan fingerprint density at radius 3 is 3.21 bits per heavy atom. The molecule has 1 aromatic heterocycles. The zero-order chi connectivity index (χ0) is 10.4. The minimum absolute atomic E-state index is 0.0696. The molecule has 1 amide bonds. The first-order valence-electron chi connectivity index (χ1n) is 4.16. The van der Waals surface area contributed by atoms with Crippen LogP contribution >= 0.6 is 0 Å². The molecule has 0 saturated carbocycles. The van der Waals surface area contributed by atoms with Gasteiger partial charge in [-0.1, -0.05) is 6.08 Å². The van der Waals surface area contributed by atoms with Gasteiger partial charge in [-0.2, -0.15) is 0 Å². The molecule has 0 unspecified atom stereocenters. The molecule has 0 aliphatic heterocycles. The summed E-state index contributed by atoms with van der Waals surface area (Å²) in [7, 11) is 0. The Hall–Kier alpha value is -1.78. The minimum atomic E-state index is -0.217. The summed E-state index contributed by atoms with van der Waals surface area (Å²) in [6.45, 7) is 5.58. The van der Waals surface area contributed by atoms with Gasteiger partial charge in [0.1, 0.15) is 5.76 Å². The van der Waals surface area contributed by atoms with Crippen molar-refractivity contribution in [2.24, 2.45) is 0 Å². The van der Waals surface area contributed by atoms with Crippen LogP contribution in [0.15, 0.2) is 23.2 Å². The molecule has 0 fully saturated rings. The zero-order valence-electron chi connectivity index (χ0n) is 7.95. The van der Waals surface area contributed by atoms with E-state index in [1.54, 1.807) is 19.1 Å². The molecule has 0 saturated heterocycles. The lowest BCUT2D eigenvalue weighted by atomic mass is 10.5. The van der Waals surface area contributed by atoms with Gasteiger partial charge in [0.15, 0.2) is 6.61 Å². The first-order valence-corrected chi connectivity index (χ1v) is 4.16. The lowest BCUT2D eigenvalue weighted by Gasteiger charge is -2.01. The maximum Gasteiger partial charge on any atom is 0.258 e. The second-order valence-electron chi connectivity index (χ2n) is 2.66. The highest BCUT2D eigenvalue weighted by atomic mass is 16.5. The van der Waals surface area contributed by atoms with E-state index < -0.39 is 0 Å². The lowest BCUT2D eigenvalue weighted by molar-refractivity contribution is -0.122. The fourth-order valence-electron chi connectivity index (χ4n) is 0.788. The van der Waals surface area contributed by atoms with Gasteiger partial charge in [-0.3, -0.25) is 4.79 Å². The van der Waals surface area contributed by atoms with E-state index in [0.717, 1.165) is 0 Å². The average molecular weight is 196 g/mol. The number of aromatic nitrogens is 1. The summed E-state index contributed by atoms with van der Waals surface area (Å²) in [5, 5.41) is 6.14. The van der Waals surface area contributed by atoms with Crippen LogP contribution in [-0.2, 0) is 4.79 Å². The number of hydrogen-bond acceptors (Lipinski definition) is 4. The van der Waals surface area contributed by atoms with Crippen LogP contribution in [0.25, 0.3) is 0 Å². The molecule has 0 bridgehead atoms. The number of carbonyl (C=O) groups excluding carboxylic acids is 1. The highest BCUT2D eigenvalue weighted by Crippen LogP contribution is 2.08. The van der Waals surface area contributed by atoms with Crippen molar-refractivity contribution < 1.29 is 14.1 Å². The van der Waals surface area contributed by atoms with Crippen molar-refractivity contribution in [1.29, 1.82) is 0 Å². The molecule has 1 aromatic rings. The third-order valence-corrected chi connectivity index (χ3v) is 1.40. The van der Waals surface area contributed by atoms with Crippen molar-refractivity contribution in [3.63, 3.8) is 0 Å². The highest BCUT2D eigenvalue weighted by molar-refractivity contribution is 5.77. The quantitative estimate of drug-likeness (QED) is 0.703. The smallest absolute Gasteiger partial charge is 0.258 e. The summed E-state index contributed by atoms with van der Waals surface area (Å²) in [6.07, 6.45) is 1.60. The molecule has 0 aliphatic carbocycles. The zero-order valence-corrected chi connectivity index (χ0v) is 7.95. The van der Waals surface area contributed by atoms with Crippen molar-refractivity contribution in [3.05, 3.63) is 24.5 Å². The number of nitrogens with one attached hydrogen (secondary N) is 1. The second kappa shape index (κ2) is 5.06. The summed E-state index contributed by atoms with van der Waals surface area (Å²) >= 11 is 0. The number of ether oxygens (including phenoxy) is 1. The summed E-state index contributed by atoms with van der Waals surface area (Å²) < 4.78 is 9.79. The predicted octanol–water partition coefficient (Wildman–Crippen LogP) is 0.664. The summed E-state index contributed by atoms with van der Waals surface area (Å²) in [4.78, 5) is 11.0. The first kappa shape index (κ1) is 10.3. The summed E-state index contributed by atoms with van der Waals surface area (Å²) in [5.41, 5.74) is 0. The van der Waals surface area contributed by atoms with E-state index in [0.29, 0.717) is 18.2 Å². The number of hydrogen-bond donors (Lipinski definition) is 1. The molecule has 1 N–H and O–H groups in total. The van der Waals surface area contributed by atoms with E-state index in [1.165, 1.54) is 0 Å². The third-order valence-electron chi connectivity index (χ3n) is 1.40. The van der Waals surface area contributed by atoms with Crippen LogP contribution in [0.5, 0.6) is 5.88 Å². The van der Waals surface area contributed by atoms with Crippen LogP contribution in [0.2, 0.25) is 0 Å². The molecule has 14 heavy (non-hydrogen) atoms. The minimum Gasteiger partial charge on any atom is -0.465 e. The number of aryl methyl sites for hydroxylation is 1. The van der Waals surface area contributed by atoms with Crippen LogP contribution in [0, 0.1) is 6.92 Å². The summed E-state index contributed by atoms with van der Waals surface area (Å²) in [5.74, 6) is 0.744. The SMILES string of the molecule is C=CCNC(=O)COc1cc(C)on1. The standard InChI is InChI=1S/C9H12N2O3/c1-3-4-10-8(12)6-13-9-5-7(2)14-11-9/h3,5H,1,4,6H2,2H3,(H,10,12). The van der Waals surface area contributed by atoms with E-state index in [9.17, 15) is 4.79 Å². The molecule has 1 rings (SSSR count). The Kier molecular flexibility index (Phi) is 3.72. The van der Waals surface area contributed by atoms with Crippen LogP contribution in [0.4, 0.5) is 0 Å². The maximum atomic E-state index is 11.0. The van der Waals surface area contributed by atoms with Crippen LogP contribution in [-0.4, -0.2) is 24.2 Å². The molecule has 1 heterocycles. The average Bonchev–Trinajstić information content (AvgIpc) is 2.58. The second-order valence-corrected chi connectivity index (χ2v) is 2.66.